The zero-order valence-corrected chi connectivity index (χ0v) is 12.9. The molecule has 11 heteroatoms. The third-order valence-electron chi connectivity index (χ3n) is 2.20. The van der Waals surface area contributed by atoms with Gasteiger partial charge in [0.1, 0.15) is 0 Å². The quantitative estimate of drug-likeness (QED) is 0.816. The number of H-pyrrole nitrogens is 1. The van der Waals surface area contributed by atoms with E-state index in [1.54, 1.807) is 0 Å². The van der Waals surface area contributed by atoms with Crippen molar-refractivity contribution in [3.05, 3.63) is 21.8 Å². The first-order chi connectivity index (χ1) is 9.30. The molecule has 8 nitrogen and oxygen atoms in total. The van der Waals surface area contributed by atoms with Gasteiger partial charge in [-0.15, -0.1) is 5.10 Å². The molecule has 0 aliphatic rings. The molecule has 1 amide bonds. The first-order valence-electron chi connectivity index (χ1n) is 5.20. The summed E-state index contributed by atoms with van der Waals surface area (Å²) in [6.07, 6.45) is 0. The third-order valence-corrected chi connectivity index (χ3v) is 4.89. The van der Waals surface area contributed by atoms with Crippen LogP contribution in [0, 0.1) is 3.95 Å². The van der Waals surface area contributed by atoms with Gasteiger partial charge in [0.25, 0.3) is 15.9 Å². The fourth-order valence-corrected chi connectivity index (χ4v) is 2.78. The van der Waals surface area contributed by atoms with Crippen LogP contribution in [-0.2, 0) is 10.0 Å². The van der Waals surface area contributed by atoms with Crippen LogP contribution in [0.25, 0.3) is 0 Å². The van der Waals surface area contributed by atoms with Crippen LogP contribution < -0.4 is 5.32 Å². The smallest absolute Gasteiger partial charge is 0.293 e. The summed E-state index contributed by atoms with van der Waals surface area (Å²) in [6.45, 7) is 0. The molecule has 0 unspecified atom stereocenters. The summed E-state index contributed by atoms with van der Waals surface area (Å²) in [7, 11) is -0.969. The van der Waals surface area contributed by atoms with Crippen LogP contribution in [0.5, 0.6) is 0 Å². The zero-order valence-electron chi connectivity index (χ0n) is 10.4. The topological polar surface area (TPSA) is 108 Å². The number of hydrogen-bond donors (Lipinski definition) is 2. The van der Waals surface area contributed by atoms with Gasteiger partial charge in [0.2, 0.25) is 10.2 Å². The lowest BCUT2D eigenvalue weighted by Gasteiger charge is -2.07. The number of sulfonamides is 1. The zero-order chi connectivity index (χ0) is 14.9. The summed E-state index contributed by atoms with van der Waals surface area (Å²) < 4.78 is 30.1. The minimum Gasteiger partial charge on any atom is -0.438 e. The molecule has 2 aromatic rings. The Morgan fingerprint density at radius 1 is 1.50 bits per heavy atom. The van der Waals surface area contributed by atoms with Crippen LogP contribution in [0.15, 0.2) is 21.6 Å². The highest BCUT2D eigenvalue weighted by Gasteiger charge is 2.23. The van der Waals surface area contributed by atoms with Crippen molar-refractivity contribution in [1.82, 2.24) is 14.5 Å². The van der Waals surface area contributed by atoms with Crippen LogP contribution in [0.1, 0.15) is 10.6 Å². The van der Waals surface area contributed by atoms with E-state index in [2.05, 4.69) is 15.5 Å². The monoisotopic (exact) mass is 334 g/mol. The van der Waals surface area contributed by atoms with Crippen LogP contribution in [-0.4, -0.2) is 42.9 Å². The molecule has 108 valence electrons. The molecule has 0 spiro atoms. The summed E-state index contributed by atoms with van der Waals surface area (Å²) in [6, 6.07) is 2.49. The van der Waals surface area contributed by atoms with E-state index < -0.39 is 15.9 Å². The maximum absolute atomic E-state index is 11.8. The summed E-state index contributed by atoms with van der Waals surface area (Å²) in [5.74, 6) is -0.741. The second-order valence-electron chi connectivity index (χ2n) is 3.78. The van der Waals surface area contributed by atoms with Gasteiger partial charge in [-0.25, -0.2) is 12.7 Å². The Labute approximate surface area is 123 Å². The summed E-state index contributed by atoms with van der Waals surface area (Å²) in [5, 5.41) is 8.67. The molecule has 2 rings (SSSR count). The van der Waals surface area contributed by atoms with E-state index in [0.717, 1.165) is 15.6 Å². The van der Waals surface area contributed by atoms with Crippen molar-refractivity contribution < 1.29 is 17.6 Å². The van der Waals surface area contributed by atoms with Crippen molar-refractivity contribution in [1.29, 1.82) is 0 Å². The average molecular weight is 334 g/mol. The van der Waals surface area contributed by atoms with E-state index in [4.69, 9.17) is 16.6 Å². The van der Waals surface area contributed by atoms with Crippen LogP contribution in [0.3, 0.4) is 0 Å². The number of amides is 1. The SMILES string of the molecule is CN(C)S(=O)(=O)c1ccc(C(=O)Nc2n[nH]c(=S)s2)o1. The summed E-state index contributed by atoms with van der Waals surface area (Å²) >= 11 is 5.90. The van der Waals surface area contributed by atoms with E-state index in [0.29, 0.717) is 3.95 Å². The standard InChI is InChI=1S/C9H10N4O4S3/c1-13(2)20(15,16)6-4-3-5(17-6)7(14)10-8-11-12-9(18)19-8/h3-4H,1-2H3,(H,12,18)(H,10,11,14). The molecule has 0 radical (unpaired) electrons. The number of carbonyl (C=O) groups excluding carboxylic acids is 1. The fourth-order valence-electron chi connectivity index (χ4n) is 1.20. The highest BCUT2D eigenvalue weighted by molar-refractivity contribution is 7.88. The second kappa shape index (κ2) is 5.44. The van der Waals surface area contributed by atoms with Crippen LogP contribution >= 0.6 is 23.6 Å². The molecule has 0 aliphatic carbocycles. The van der Waals surface area contributed by atoms with Crippen molar-refractivity contribution in [3.63, 3.8) is 0 Å². The van der Waals surface area contributed by atoms with Gasteiger partial charge in [0.05, 0.1) is 0 Å². The molecule has 0 aromatic carbocycles. The highest BCUT2D eigenvalue weighted by atomic mass is 32.2. The van der Waals surface area contributed by atoms with Crippen molar-refractivity contribution >= 4 is 44.6 Å². The summed E-state index contributed by atoms with van der Waals surface area (Å²) in [5.41, 5.74) is 0. The van der Waals surface area contributed by atoms with E-state index in [-0.39, 0.29) is 16.0 Å². The van der Waals surface area contributed by atoms with Gasteiger partial charge < -0.3 is 4.42 Å². The number of rotatable bonds is 4. The van der Waals surface area contributed by atoms with Gasteiger partial charge in [0, 0.05) is 14.1 Å². The molecule has 2 aromatic heterocycles. The second-order valence-corrected chi connectivity index (χ2v) is 7.53. The molecule has 0 fully saturated rings. The van der Waals surface area contributed by atoms with Gasteiger partial charge in [-0.3, -0.25) is 15.2 Å². The first kappa shape index (κ1) is 14.8. The Balaban J connectivity index is 2.21. The molecule has 2 N–H and O–H groups in total. The number of carbonyl (C=O) groups is 1. The maximum atomic E-state index is 11.8. The van der Waals surface area contributed by atoms with Crippen molar-refractivity contribution in [2.75, 3.05) is 19.4 Å². The molecular weight excluding hydrogens is 324 g/mol. The largest absolute Gasteiger partial charge is 0.438 e. The van der Waals surface area contributed by atoms with E-state index >= 15 is 0 Å². The molecule has 0 saturated carbocycles. The minimum absolute atomic E-state index is 0.133. The predicted octanol–water partition coefficient (Wildman–Crippen LogP) is 1.30. The Morgan fingerprint density at radius 2 is 2.20 bits per heavy atom. The van der Waals surface area contributed by atoms with Gasteiger partial charge in [-0.1, -0.05) is 11.3 Å². The van der Waals surface area contributed by atoms with Gasteiger partial charge >= 0.3 is 0 Å². The van der Waals surface area contributed by atoms with Crippen LogP contribution in [0.4, 0.5) is 5.13 Å². The summed E-state index contributed by atoms with van der Waals surface area (Å²) in [4.78, 5) is 11.8. The maximum Gasteiger partial charge on any atom is 0.293 e. The normalized spacial score (nSPS) is 11.8. The van der Waals surface area contributed by atoms with Crippen molar-refractivity contribution in [2.45, 2.75) is 5.09 Å². The number of nitrogens with one attached hydrogen (secondary N) is 2. The fraction of sp³-hybridized carbons (Fsp3) is 0.222. The number of aromatic nitrogens is 2. The van der Waals surface area contributed by atoms with Gasteiger partial charge in [0.15, 0.2) is 9.71 Å². The van der Waals surface area contributed by atoms with E-state index in [9.17, 15) is 13.2 Å². The lowest BCUT2D eigenvalue weighted by molar-refractivity contribution is 0.0991. The Hall–Kier alpha value is -1.56. The Bertz CT molecular complexity index is 786. The lowest BCUT2D eigenvalue weighted by atomic mass is 10.4. The third kappa shape index (κ3) is 2.95. The number of anilines is 1. The number of hydrogen-bond acceptors (Lipinski definition) is 7. The number of aromatic amines is 1. The van der Waals surface area contributed by atoms with E-state index in [1.165, 1.54) is 26.2 Å². The van der Waals surface area contributed by atoms with Gasteiger partial charge in [-0.05, 0) is 24.4 Å². The highest BCUT2D eigenvalue weighted by Crippen LogP contribution is 2.18. The Morgan fingerprint density at radius 3 is 2.75 bits per heavy atom. The molecule has 0 bridgehead atoms. The average Bonchev–Trinajstić information content (AvgIpc) is 2.98. The number of nitrogens with zero attached hydrogens (tertiary/aromatic N) is 2. The van der Waals surface area contributed by atoms with Crippen LogP contribution in [0.2, 0.25) is 0 Å². The minimum atomic E-state index is -3.71. The number of furan rings is 1. The van der Waals surface area contributed by atoms with E-state index in [1.807, 2.05) is 0 Å². The van der Waals surface area contributed by atoms with Gasteiger partial charge in [-0.2, -0.15) is 0 Å². The van der Waals surface area contributed by atoms with Crippen molar-refractivity contribution in [3.8, 4) is 0 Å². The Kier molecular flexibility index (Phi) is 4.04. The molecule has 0 atom stereocenters. The molecule has 20 heavy (non-hydrogen) atoms. The molecule has 0 aliphatic heterocycles. The first-order valence-corrected chi connectivity index (χ1v) is 7.86. The molecular formula is C9H10N4O4S3. The predicted molar refractivity (Wildman–Crippen MR) is 74.8 cm³/mol. The van der Waals surface area contributed by atoms with Crippen molar-refractivity contribution in [2.24, 2.45) is 0 Å². The molecule has 0 saturated heterocycles. The molecule has 2 heterocycles. The lowest BCUT2D eigenvalue weighted by Crippen LogP contribution is -2.21.